The van der Waals surface area contributed by atoms with Crippen molar-refractivity contribution in [2.24, 2.45) is 5.92 Å². The fraction of sp³-hybridized carbons (Fsp3) is 0.429. The lowest BCUT2D eigenvalue weighted by molar-refractivity contribution is 0.308. The average Bonchev–Trinajstić information content (AvgIpc) is 2.87. The predicted molar refractivity (Wildman–Crippen MR) is 97.6 cm³/mol. The Labute approximate surface area is 143 Å². The van der Waals surface area contributed by atoms with Crippen LogP contribution in [0.4, 0.5) is 4.39 Å². The van der Waals surface area contributed by atoms with Gasteiger partial charge in [-0.3, -0.25) is 0 Å². The molecular formula is C21H25FN2. The molecule has 4 rings (SSSR count). The van der Waals surface area contributed by atoms with Crippen molar-refractivity contribution in [3.63, 3.8) is 0 Å². The van der Waals surface area contributed by atoms with Crippen molar-refractivity contribution in [2.45, 2.75) is 39.3 Å². The summed E-state index contributed by atoms with van der Waals surface area (Å²) in [6.45, 7) is 5.18. The van der Waals surface area contributed by atoms with Gasteiger partial charge in [0, 0.05) is 42.7 Å². The summed E-state index contributed by atoms with van der Waals surface area (Å²) in [4.78, 5) is 2.33. The first-order valence-corrected chi connectivity index (χ1v) is 8.95. The minimum absolute atomic E-state index is 0.133. The third-order valence-electron chi connectivity index (χ3n) is 5.50. The Kier molecular flexibility index (Phi) is 4.05. The second kappa shape index (κ2) is 6.21. The SMILES string of the molecule is CC1=CCC(CCn2c3c(c4cc(F)ccc42)CN(C)CC3)C=C1. The van der Waals surface area contributed by atoms with Crippen molar-refractivity contribution in [2.75, 3.05) is 13.6 Å². The van der Waals surface area contributed by atoms with Crippen LogP contribution in [0, 0.1) is 11.7 Å². The van der Waals surface area contributed by atoms with Gasteiger partial charge >= 0.3 is 0 Å². The Morgan fingerprint density at radius 2 is 2.17 bits per heavy atom. The number of hydrogen-bond acceptors (Lipinski definition) is 1. The molecule has 2 aliphatic rings. The molecule has 1 atom stereocenters. The number of fused-ring (bicyclic) bond motifs is 3. The van der Waals surface area contributed by atoms with Gasteiger partial charge in [-0.05, 0) is 56.5 Å². The van der Waals surface area contributed by atoms with Gasteiger partial charge in [0.25, 0.3) is 0 Å². The first-order chi connectivity index (χ1) is 11.6. The highest BCUT2D eigenvalue weighted by Crippen LogP contribution is 2.32. The maximum absolute atomic E-state index is 13.8. The number of rotatable bonds is 3. The number of likely N-dealkylation sites (N-methyl/N-ethyl adjacent to an activating group) is 1. The number of halogens is 1. The topological polar surface area (TPSA) is 8.17 Å². The summed E-state index contributed by atoms with van der Waals surface area (Å²) in [5.41, 5.74) is 5.31. The highest BCUT2D eigenvalue weighted by molar-refractivity contribution is 5.86. The molecule has 2 aromatic rings. The van der Waals surface area contributed by atoms with Crippen LogP contribution in [-0.2, 0) is 19.5 Å². The number of allylic oxidation sites excluding steroid dienone is 4. The van der Waals surface area contributed by atoms with Gasteiger partial charge in [-0.1, -0.05) is 23.8 Å². The molecule has 0 radical (unpaired) electrons. The second-order valence-corrected chi connectivity index (χ2v) is 7.32. The molecule has 1 aromatic heterocycles. The van der Waals surface area contributed by atoms with Gasteiger partial charge < -0.3 is 9.47 Å². The number of nitrogens with zero attached hydrogens (tertiary/aromatic N) is 2. The first kappa shape index (κ1) is 15.6. The Balaban J connectivity index is 1.66. The van der Waals surface area contributed by atoms with Gasteiger partial charge in [0.2, 0.25) is 0 Å². The molecule has 1 unspecified atom stereocenters. The van der Waals surface area contributed by atoms with Crippen LogP contribution in [0.1, 0.15) is 31.0 Å². The van der Waals surface area contributed by atoms with E-state index in [0.717, 1.165) is 44.3 Å². The summed E-state index contributed by atoms with van der Waals surface area (Å²) in [6, 6.07) is 5.28. The fourth-order valence-electron chi connectivity index (χ4n) is 4.09. The van der Waals surface area contributed by atoms with Crippen LogP contribution >= 0.6 is 0 Å². The molecule has 2 heterocycles. The van der Waals surface area contributed by atoms with Crippen molar-refractivity contribution in [3.05, 3.63) is 59.1 Å². The molecule has 0 saturated heterocycles. The Hall–Kier alpha value is -1.87. The maximum Gasteiger partial charge on any atom is 0.123 e. The van der Waals surface area contributed by atoms with Gasteiger partial charge in [-0.25, -0.2) is 4.39 Å². The van der Waals surface area contributed by atoms with E-state index in [2.05, 4.69) is 41.7 Å². The molecule has 0 N–H and O–H groups in total. The zero-order valence-electron chi connectivity index (χ0n) is 14.6. The fourth-order valence-corrected chi connectivity index (χ4v) is 4.09. The summed E-state index contributed by atoms with van der Waals surface area (Å²) < 4.78 is 16.2. The third-order valence-corrected chi connectivity index (χ3v) is 5.50. The predicted octanol–water partition coefficient (Wildman–Crippen LogP) is 4.68. The second-order valence-electron chi connectivity index (χ2n) is 7.32. The van der Waals surface area contributed by atoms with E-state index < -0.39 is 0 Å². The summed E-state index contributed by atoms with van der Waals surface area (Å²) >= 11 is 0. The van der Waals surface area contributed by atoms with Crippen LogP contribution in [0.5, 0.6) is 0 Å². The Morgan fingerprint density at radius 1 is 1.29 bits per heavy atom. The highest BCUT2D eigenvalue weighted by atomic mass is 19.1. The number of aryl methyl sites for hydroxylation is 1. The van der Waals surface area contributed by atoms with Gasteiger partial charge in [0.05, 0.1) is 0 Å². The van der Waals surface area contributed by atoms with Crippen LogP contribution in [-0.4, -0.2) is 23.1 Å². The Morgan fingerprint density at radius 3 is 2.96 bits per heavy atom. The minimum atomic E-state index is -0.133. The standard InChI is InChI=1S/C21H25FN2/c1-15-3-5-16(6-4-15)9-12-24-20-8-7-17(22)13-18(20)19-14-23(2)11-10-21(19)24/h3-5,7-8,13,16H,6,9-12,14H2,1-2H3. The van der Waals surface area contributed by atoms with Crippen LogP contribution in [0.25, 0.3) is 10.9 Å². The first-order valence-electron chi connectivity index (χ1n) is 8.95. The smallest absolute Gasteiger partial charge is 0.123 e. The van der Waals surface area contributed by atoms with Crippen LogP contribution in [0.15, 0.2) is 42.0 Å². The summed E-state index contributed by atoms with van der Waals surface area (Å²) in [7, 11) is 2.15. The lowest BCUT2D eigenvalue weighted by Crippen LogP contribution is -2.27. The lowest BCUT2D eigenvalue weighted by atomic mass is 9.94. The zero-order valence-corrected chi connectivity index (χ0v) is 14.6. The van der Waals surface area contributed by atoms with Crippen LogP contribution < -0.4 is 0 Å². The quantitative estimate of drug-likeness (QED) is 0.796. The number of benzene rings is 1. The minimum Gasteiger partial charge on any atom is -0.344 e. The van der Waals surface area contributed by atoms with Crippen molar-refractivity contribution in [3.8, 4) is 0 Å². The maximum atomic E-state index is 13.8. The van der Waals surface area contributed by atoms with E-state index in [1.165, 1.54) is 22.3 Å². The normalized spacial score (nSPS) is 21.1. The van der Waals surface area contributed by atoms with Gasteiger partial charge in [0.15, 0.2) is 0 Å². The van der Waals surface area contributed by atoms with Crippen molar-refractivity contribution in [1.82, 2.24) is 9.47 Å². The van der Waals surface area contributed by atoms with E-state index in [-0.39, 0.29) is 5.82 Å². The van der Waals surface area contributed by atoms with E-state index >= 15 is 0 Å². The molecule has 0 spiro atoms. The third kappa shape index (κ3) is 2.82. The van der Waals surface area contributed by atoms with E-state index in [4.69, 9.17) is 0 Å². The largest absolute Gasteiger partial charge is 0.344 e. The summed E-state index contributed by atoms with van der Waals surface area (Å²) in [6.07, 6.45) is 10.3. The Bertz CT molecular complexity index is 828. The molecule has 126 valence electrons. The summed E-state index contributed by atoms with van der Waals surface area (Å²) in [5.74, 6) is 0.486. The number of hydrogen-bond donors (Lipinski definition) is 0. The molecule has 0 fully saturated rings. The number of aromatic nitrogens is 1. The van der Waals surface area contributed by atoms with E-state index in [1.807, 2.05) is 6.07 Å². The summed E-state index contributed by atoms with van der Waals surface area (Å²) in [5, 5.41) is 1.10. The molecule has 1 aromatic carbocycles. The highest BCUT2D eigenvalue weighted by Gasteiger charge is 2.23. The molecular weight excluding hydrogens is 299 g/mol. The lowest BCUT2D eigenvalue weighted by Gasteiger charge is -2.25. The molecule has 1 aliphatic heterocycles. The molecule has 0 saturated carbocycles. The van der Waals surface area contributed by atoms with E-state index in [0.29, 0.717) is 5.92 Å². The van der Waals surface area contributed by atoms with Crippen molar-refractivity contribution < 1.29 is 4.39 Å². The molecule has 0 bridgehead atoms. The van der Waals surface area contributed by atoms with Gasteiger partial charge in [-0.15, -0.1) is 0 Å². The average molecular weight is 324 g/mol. The molecule has 0 amide bonds. The van der Waals surface area contributed by atoms with Gasteiger partial charge in [0.1, 0.15) is 5.82 Å². The molecule has 2 nitrogen and oxygen atoms in total. The van der Waals surface area contributed by atoms with E-state index in [9.17, 15) is 4.39 Å². The van der Waals surface area contributed by atoms with Crippen LogP contribution in [0.2, 0.25) is 0 Å². The zero-order chi connectivity index (χ0) is 16.7. The van der Waals surface area contributed by atoms with Crippen molar-refractivity contribution in [1.29, 1.82) is 0 Å². The monoisotopic (exact) mass is 324 g/mol. The van der Waals surface area contributed by atoms with E-state index in [1.54, 1.807) is 12.1 Å². The van der Waals surface area contributed by atoms with Gasteiger partial charge in [-0.2, -0.15) is 0 Å². The molecule has 1 aliphatic carbocycles. The molecule has 24 heavy (non-hydrogen) atoms. The van der Waals surface area contributed by atoms with Crippen molar-refractivity contribution >= 4 is 10.9 Å². The molecule has 3 heteroatoms. The van der Waals surface area contributed by atoms with Crippen LogP contribution in [0.3, 0.4) is 0 Å².